The minimum atomic E-state index is -0.276. The van der Waals surface area contributed by atoms with E-state index in [0.29, 0.717) is 5.56 Å². The van der Waals surface area contributed by atoms with Gasteiger partial charge in [-0.15, -0.1) is 0 Å². The first-order chi connectivity index (χ1) is 9.22. The molecule has 1 heterocycles. The van der Waals surface area contributed by atoms with Crippen molar-refractivity contribution < 1.29 is 9.53 Å². The molecule has 4 heteroatoms. The highest BCUT2D eigenvalue weighted by Crippen LogP contribution is 2.18. The molecule has 19 heavy (non-hydrogen) atoms. The number of benzene rings is 1. The highest BCUT2D eigenvalue weighted by Gasteiger charge is 2.21. The van der Waals surface area contributed by atoms with E-state index in [2.05, 4.69) is 10.2 Å². The standard InChI is InChI=1S/C15H22N2O2/c1-16-9-13-7-8-17(11-13)10-12-3-5-14(6-4-12)15(18)19-2/h3-6,13,16H,7-11H2,1-2H3. The Kier molecular flexibility index (Phi) is 4.93. The predicted molar refractivity (Wildman–Crippen MR) is 75.1 cm³/mol. The van der Waals surface area contributed by atoms with Gasteiger partial charge in [-0.1, -0.05) is 12.1 Å². The lowest BCUT2D eigenvalue weighted by atomic mass is 10.1. The van der Waals surface area contributed by atoms with Gasteiger partial charge in [-0.25, -0.2) is 4.79 Å². The van der Waals surface area contributed by atoms with Gasteiger partial charge < -0.3 is 10.1 Å². The van der Waals surface area contributed by atoms with Gasteiger partial charge in [-0.05, 0) is 50.2 Å². The number of ether oxygens (including phenoxy) is 1. The molecular formula is C15H22N2O2. The molecule has 1 aliphatic heterocycles. The molecule has 2 rings (SSSR count). The van der Waals surface area contributed by atoms with Crippen molar-refractivity contribution in [1.82, 2.24) is 10.2 Å². The van der Waals surface area contributed by atoms with Crippen LogP contribution in [0.1, 0.15) is 22.3 Å². The highest BCUT2D eigenvalue weighted by atomic mass is 16.5. The van der Waals surface area contributed by atoms with Crippen LogP contribution in [-0.4, -0.2) is 44.7 Å². The number of carbonyl (C=O) groups excluding carboxylic acids is 1. The lowest BCUT2D eigenvalue weighted by Gasteiger charge is -2.16. The van der Waals surface area contributed by atoms with Crippen molar-refractivity contribution in [1.29, 1.82) is 0 Å². The van der Waals surface area contributed by atoms with Crippen molar-refractivity contribution in [3.05, 3.63) is 35.4 Å². The van der Waals surface area contributed by atoms with E-state index in [0.717, 1.165) is 32.1 Å². The van der Waals surface area contributed by atoms with Gasteiger partial charge in [0.2, 0.25) is 0 Å². The quantitative estimate of drug-likeness (QED) is 0.817. The summed E-state index contributed by atoms with van der Waals surface area (Å²) in [7, 11) is 3.41. The van der Waals surface area contributed by atoms with Crippen molar-refractivity contribution >= 4 is 5.97 Å². The zero-order valence-corrected chi connectivity index (χ0v) is 11.7. The molecule has 0 saturated carbocycles. The van der Waals surface area contributed by atoms with E-state index in [1.807, 2.05) is 31.3 Å². The van der Waals surface area contributed by atoms with Gasteiger partial charge in [-0.3, -0.25) is 4.90 Å². The second kappa shape index (κ2) is 6.68. The minimum Gasteiger partial charge on any atom is -0.465 e. The molecule has 1 aromatic rings. The number of carbonyl (C=O) groups is 1. The minimum absolute atomic E-state index is 0.276. The summed E-state index contributed by atoms with van der Waals surface area (Å²) in [5.74, 6) is 0.487. The van der Waals surface area contributed by atoms with Gasteiger partial charge >= 0.3 is 5.97 Å². The van der Waals surface area contributed by atoms with Crippen LogP contribution < -0.4 is 5.32 Å². The smallest absolute Gasteiger partial charge is 0.337 e. The molecule has 0 spiro atoms. The molecule has 104 valence electrons. The fourth-order valence-electron chi connectivity index (χ4n) is 2.63. The van der Waals surface area contributed by atoms with Crippen molar-refractivity contribution in [2.24, 2.45) is 5.92 Å². The molecule has 0 aliphatic carbocycles. The third-order valence-electron chi connectivity index (χ3n) is 3.64. The van der Waals surface area contributed by atoms with Crippen LogP contribution >= 0.6 is 0 Å². The summed E-state index contributed by atoms with van der Waals surface area (Å²) in [5, 5.41) is 3.24. The zero-order chi connectivity index (χ0) is 13.7. The Morgan fingerprint density at radius 2 is 2.16 bits per heavy atom. The van der Waals surface area contributed by atoms with Gasteiger partial charge in [0.1, 0.15) is 0 Å². The van der Waals surface area contributed by atoms with Crippen LogP contribution in [-0.2, 0) is 11.3 Å². The van der Waals surface area contributed by atoms with Gasteiger partial charge in [0, 0.05) is 13.1 Å². The van der Waals surface area contributed by atoms with Crippen LogP contribution in [0, 0.1) is 5.92 Å². The van der Waals surface area contributed by atoms with E-state index in [1.54, 1.807) is 0 Å². The van der Waals surface area contributed by atoms with Crippen LogP contribution in [0.4, 0.5) is 0 Å². The van der Waals surface area contributed by atoms with Gasteiger partial charge in [0.05, 0.1) is 12.7 Å². The average Bonchev–Trinajstić information content (AvgIpc) is 2.86. The molecule has 4 nitrogen and oxygen atoms in total. The molecule has 0 amide bonds. The Bertz CT molecular complexity index is 417. The van der Waals surface area contributed by atoms with Crippen LogP contribution in [0.2, 0.25) is 0 Å². The first-order valence-corrected chi connectivity index (χ1v) is 6.77. The first-order valence-electron chi connectivity index (χ1n) is 6.77. The Labute approximate surface area is 114 Å². The molecule has 0 radical (unpaired) electrons. The highest BCUT2D eigenvalue weighted by molar-refractivity contribution is 5.89. The lowest BCUT2D eigenvalue weighted by molar-refractivity contribution is 0.0600. The third-order valence-corrected chi connectivity index (χ3v) is 3.64. The molecule has 1 atom stereocenters. The van der Waals surface area contributed by atoms with E-state index in [4.69, 9.17) is 4.74 Å². The number of esters is 1. The first kappa shape index (κ1) is 14.0. The van der Waals surface area contributed by atoms with E-state index < -0.39 is 0 Å². The lowest BCUT2D eigenvalue weighted by Crippen LogP contribution is -2.24. The molecule has 0 bridgehead atoms. The summed E-state index contributed by atoms with van der Waals surface area (Å²) in [4.78, 5) is 13.8. The van der Waals surface area contributed by atoms with E-state index in [1.165, 1.54) is 19.1 Å². The summed E-state index contributed by atoms with van der Waals surface area (Å²) >= 11 is 0. The number of likely N-dealkylation sites (tertiary alicyclic amines) is 1. The van der Waals surface area contributed by atoms with Crippen LogP contribution in [0.25, 0.3) is 0 Å². The monoisotopic (exact) mass is 262 g/mol. The van der Waals surface area contributed by atoms with Crippen molar-refractivity contribution in [3.8, 4) is 0 Å². The average molecular weight is 262 g/mol. The SMILES string of the molecule is CNCC1CCN(Cc2ccc(C(=O)OC)cc2)C1. The molecule has 1 aliphatic rings. The predicted octanol–water partition coefficient (Wildman–Crippen LogP) is 1.51. The Hall–Kier alpha value is -1.39. The van der Waals surface area contributed by atoms with E-state index >= 15 is 0 Å². The molecule has 1 fully saturated rings. The summed E-state index contributed by atoms with van der Waals surface area (Å²) in [6.45, 7) is 4.37. The summed E-state index contributed by atoms with van der Waals surface area (Å²) in [6.07, 6.45) is 1.26. The fourth-order valence-corrected chi connectivity index (χ4v) is 2.63. The third kappa shape index (κ3) is 3.78. The van der Waals surface area contributed by atoms with E-state index in [-0.39, 0.29) is 5.97 Å². The Balaban J connectivity index is 1.88. The molecular weight excluding hydrogens is 240 g/mol. The number of hydrogen-bond acceptors (Lipinski definition) is 4. The Morgan fingerprint density at radius 1 is 1.42 bits per heavy atom. The van der Waals surface area contributed by atoms with Crippen molar-refractivity contribution in [2.75, 3.05) is 33.8 Å². The maximum Gasteiger partial charge on any atom is 0.337 e. The van der Waals surface area contributed by atoms with Gasteiger partial charge in [-0.2, -0.15) is 0 Å². The molecule has 1 N–H and O–H groups in total. The fraction of sp³-hybridized carbons (Fsp3) is 0.533. The number of hydrogen-bond donors (Lipinski definition) is 1. The maximum atomic E-state index is 11.3. The van der Waals surface area contributed by atoms with Crippen molar-refractivity contribution in [2.45, 2.75) is 13.0 Å². The molecule has 1 unspecified atom stereocenters. The second-order valence-corrected chi connectivity index (χ2v) is 5.14. The molecule has 1 saturated heterocycles. The van der Waals surface area contributed by atoms with Crippen LogP contribution in [0.5, 0.6) is 0 Å². The van der Waals surface area contributed by atoms with Gasteiger partial charge in [0.15, 0.2) is 0 Å². The number of nitrogens with one attached hydrogen (secondary N) is 1. The maximum absolute atomic E-state index is 11.3. The largest absolute Gasteiger partial charge is 0.465 e. The van der Waals surface area contributed by atoms with E-state index in [9.17, 15) is 4.79 Å². The summed E-state index contributed by atoms with van der Waals surface area (Å²) in [6, 6.07) is 7.69. The van der Waals surface area contributed by atoms with Crippen LogP contribution in [0.3, 0.4) is 0 Å². The second-order valence-electron chi connectivity index (χ2n) is 5.14. The molecule has 1 aromatic carbocycles. The zero-order valence-electron chi connectivity index (χ0n) is 11.7. The number of methoxy groups -OCH3 is 1. The summed E-state index contributed by atoms with van der Waals surface area (Å²) < 4.78 is 4.69. The van der Waals surface area contributed by atoms with Crippen LogP contribution in [0.15, 0.2) is 24.3 Å². The number of rotatable bonds is 5. The normalized spacial score (nSPS) is 19.6. The van der Waals surface area contributed by atoms with Gasteiger partial charge in [0.25, 0.3) is 0 Å². The van der Waals surface area contributed by atoms with Crippen molar-refractivity contribution in [3.63, 3.8) is 0 Å². The summed E-state index contributed by atoms with van der Waals surface area (Å²) in [5.41, 5.74) is 1.86. The topological polar surface area (TPSA) is 41.6 Å². The number of nitrogens with zero attached hydrogens (tertiary/aromatic N) is 1. The molecule has 0 aromatic heterocycles. The Morgan fingerprint density at radius 3 is 2.79 bits per heavy atom.